The highest BCUT2D eigenvalue weighted by Crippen LogP contribution is 2.25. The average molecular weight is 325 g/mol. The van der Waals surface area contributed by atoms with Crippen LogP contribution in [0.15, 0.2) is 6.07 Å². The quantitative estimate of drug-likeness (QED) is 0.824. The molecule has 0 radical (unpaired) electrons. The minimum absolute atomic E-state index is 0.0328. The van der Waals surface area contributed by atoms with Crippen molar-refractivity contribution in [3.8, 4) is 0 Å². The van der Waals surface area contributed by atoms with E-state index in [1.807, 2.05) is 11.8 Å². The molecule has 2 saturated heterocycles. The van der Waals surface area contributed by atoms with Gasteiger partial charge in [0.25, 0.3) is 5.91 Å². The molecule has 0 aliphatic carbocycles. The minimum Gasteiger partial charge on any atom is -0.337 e. The molecule has 1 unspecified atom stereocenters. The van der Waals surface area contributed by atoms with E-state index in [1.54, 1.807) is 10.7 Å². The molecule has 2 fully saturated rings. The zero-order chi connectivity index (χ0) is 15.9. The molecule has 3 heterocycles. The molecule has 0 bridgehead atoms. The summed E-state index contributed by atoms with van der Waals surface area (Å²) in [5, 5.41) is 4.41. The van der Waals surface area contributed by atoms with Gasteiger partial charge in [0, 0.05) is 18.8 Å². The van der Waals surface area contributed by atoms with Gasteiger partial charge in [-0.2, -0.15) is 5.10 Å². The summed E-state index contributed by atoms with van der Waals surface area (Å²) in [6, 6.07) is 1.65. The van der Waals surface area contributed by atoms with E-state index in [1.165, 1.54) is 0 Å². The second-order valence-corrected chi connectivity index (χ2v) is 8.88. The number of amides is 1. The molecule has 6 nitrogen and oxygen atoms in total. The van der Waals surface area contributed by atoms with E-state index in [0.29, 0.717) is 18.0 Å². The van der Waals surface area contributed by atoms with Crippen molar-refractivity contribution >= 4 is 15.7 Å². The zero-order valence-corrected chi connectivity index (χ0v) is 14.0. The van der Waals surface area contributed by atoms with Gasteiger partial charge in [-0.1, -0.05) is 6.92 Å². The predicted octanol–water partition coefficient (Wildman–Crippen LogP) is 1.42. The lowest BCUT2D eigenvalue weighted by molar-refractivity contribution is 0.0690. The Morgan fingerprint density at radius 2 is 1.95 bits per heavy atom. The van der Waals surface area contributed by atoms with E-state index in [0.717, 1.165) is 31.6 Å². The highest BCUT2D eigenvalue weighted by molar-refractivity contribution is 7.91. The molecule has 2 aliphatic heterocycles. The molecular formula is C15H23N3O3S. The number of rotatable bonds is 2. The van der Waals surface area contributed by atoms with E-state index < -0.39 is 9.84 Å². The maximum atomic E-state index is 12.5. The Hall–Kier alpha value is -1.37. The van der Waals surface area contributed by atoms with Crippen molar-refractivity contribution in [2.45, 2.75) is 39.2 Å². The summed E-state index contributed by atoms with van der Waals surface area (Å²) in [5.41, 5.74) is 1.30. The van der Waals surface area contributed by atoms with Crippen molar-refractivity contribution in [2.75, 3.05) is 24.6 Å². The summed E-state index contributed by atoms with van der Waals surface area (Å²) in [4.78, 5) is 14.4. The molecule has 3 rings (SSSR count). The second kappa shape index (κ2) is 5.68. The van der Waals surface area contributed by atoms with Gasteiger partial charge in [0.1, 0.15) is 0 Å². The van der Waals surface area contributed by atoms with Crippen molar-refractivity contribution < 1.29 is 13.2 Å². The minimum atomic E-state index is -2.95. The Labute approximate surface area is 131 Å². The second-order valence-electron chi connectivity index (χ2n) is 6.65. The van der Waals surface area contributed by atoms with Crippen LogP contribution in [0.3, 0.4) is 0 Å². The summed E-state index contributed by atoms with van der Waals surface area (Å²) in [6.45, 7) is 5.65. The van der Waals surface area contributed by atoms with Crippen molar-refractivity contribution in [3.63, 3.8) is 0 Å². The van der Waals surface area contributed by atoms with Crippen LogP contribution in [0.2, 0.25) is 0 Å². The molecule has 0 spiro atoms. The Morgan fingerprint density at radius 3 is 2.55 bits per heavy atom. The van der Waals surface area contributed by atoms with E-state index in [2.05, 4.69) is 12.0 Å². The van der Waals surface area contributed by atoms with Crippen LogP contribution in [-0.4, -0.2) is 53.6 Å². The van der Waals surface area contributed by atoms with Crippen LogP contribution >= 0.6 is 0 Å². The number of carbonyl (C=O) groups is 1. The van der Waals surface area contributed by atoms with Crippen molar-refractivity contribution in [3.05, 3.63) is 17.5 Å². The first kappa shape index (κ1) is 15.5. The average Bonchev–Trinajstić information content (AvgIpc) is 3.01. The van der Waals surface area contributed by atoms with Gasteiger partial charge in [-0.15, -0.1) is 0 Å². The van der Waals surface area contributed by atoms with Gasteiger partial charge in [-0.3, -0.25) is 9.48 Å². The fourth-order valence-electron chi connectivity index (χ4n) is 3.30. The highest BCUT2D eigenvalue weighted by Gasteiger charge is 2.32. The molecule has 7 heteroatoms. The Kier molecular flexibility index (Phi) is 4.01. The number of aryl methyl sites for hydroxylation is 1. The fourth-order valence-corrected chi connectivity index (χ4v) is 5.00. The van der Waals surface area contributed by atoms with E-state index in [9.17, 15) is 13.2 Å². The van der Waals surface area contributed by atoms with E-state index in [4.69, 9.17) is 0 Å². The number of piperidine rings is 1. The van der Waals surface area contributed by atoms with Gasteiger partial charge in [0.2, 0.25) is 0 Å². The number of likely N-dealkylation sites (tertiary alicyclic amines) is 1. The molecule has 2 aliphatic rings. The number of nitrogens with zero attached hydrogens (tertiary/aromatic N) is 3. The number of sulfone groups is 1. The third kappa shape index (κ3) is 3.04. The highest BCUT2D eigenvalue weighted by atomic mass is 32.2. The van der Waals surface area contributed by atoms with E-state index >= 15 is 0 Å². The molecule has 1 amide bonds. The molecule has 122 valence electrons. The number of hydrogen-bond acceptors (Lipinski definition) is 4. The number of aromatic nitrogens is 2. The molecule has 22 heavy (non-hydrogen) atoms. The van der Waals surface area contributed by atoms with Gasteiger partial charge in [0.05, 0.1) is 17.5 Å². The van der Waals surface area contributed by atoms with Crippen LogP contribution in [0.5, 0.6) is 0 Å². The summed E-state index contributed by atoms with van der Waals surface area (Å²) >= 11 is 0. The lowest BCUT2D eigenvalue weighted by Crippen LogP contribution is -2.38. The molecule has 1 atom stereocenters. The number of carbonyl (C=O) groups excluding carboxylic acids is 1. The number of hydrogen-bond donors (Lipinski definition) is 0. The van der Waals surface area contributed by atoms with Crippen LogP contribution in [0.25, 0.3) is 0 Å². The SMILES string of the molecule is Cc1cc(C(=O)N2CCC(C)CC2)nn1C1CCS(=O)(=O)C1. The molecule has 1 aromatic rings. The summed E-state index contributed by atoms with van der Waals surface area (Å²) in [5.74, 6) is 0.982. The monoisotopic (exact) mass is 325 g/mol. The molecule has 0 N–H and O–H groups in total. The maximum absolute atomic E-state index is 12.5. The molecule has 1 aromatic heterocycles. The topological polar surface area (TPSA) is 72.3 Å². The smallest absolute Gasteiger partial charge is 0.274 e. The first-order valence-electron chi connectivity index (χ1n) is 7.91. The predicted molar refractivity (Wildman–Crippen MR) is 83.6 cm³/mol. The normalized spacial score (nSPS) is 25.5. The Morgan fingerprint density at radius 1 is 1.27 bits per heavy atom. The van der Waals surface area contributed by atoms with Gasteiger partial charge < -0.3 is 4.90 Å². The van der Waals surface area contributed by atoms with Crippen molar-refractivity contribution in [1.82, 2.24) is 14.7 Å². The third-order valence-corrected chi connectivity index (χ3v) is 6.52. The van der Waals surface area contributed by atoms with Crippen LogP contribution in [0.4, 0.5) is 0 Å². The lowest BCUT2D eigenvalue weighted by Gasteiger charge is -2.29. The Balaban J connectivity index is 1.76. The van der Waals surface area contributed by atoms with Crippen molar-refractivity contribution in [1.29, 1.82) is 0 Å². The van der Waals surface area contributed by atoms with E-state index in [-0.39, 0.29) is 23.5 Å². The van der Waals surface area contributed by atoms with Crippen LogP contribution in [0.1, 0.15) is 48.4 Å². The summed E-state index contributed by atoms with van der Waals surface area (Å²) in [7, 11) is -2.95. The molecular weight excluding hydrogens is 302 g/mol. The van der Waals surface area contributed by atoms with Gasteiger partial charge in [-0.25, -0.2) is 8.42 Å². The summed E-state index contributed by atoms with van der Waals surface area (Å²) < 4.78 is 25.0. The van der Waals surface area contributed by atoms with Crippen LogP contribution in [0, 0.1) is 12.8 Å². The lowest BCUT2D eigenvalue weighted by atomic mass is 9.99. The van der Waals surface area contributed by atoms with Gasteiger partial charge in [-0.05, 0) is 38.2 Å². The molecule has 0 saturated carbocycles. The first-order chi connectivity index (χ1) is 10.4. The van der Waals surface area contributed by atoms with Gasteiger partial charge >= 0.3 is 0 Å². The first-order valence-corrected chi connectivity index (χ1v) is 9.74. The van der Waals surface area contributed by atoms with Gasteiger partial charge in [0.15, 0.2) is 15.5 Å². The van der Waals surface area contributed by atoms with Crippen LogP contribution < -0.4 is 0 Å². The largest absolute Gasteiger partial charge is 0.337 e. The summed E-state index contributed by atoms with van der Waals surface area (Å²) in [6.07, 6.45) is 2.65. The fraction of sp³-hybridized carbons (Fsp3) is 0.733. The Bertz CT molecular complexity index is 672. The maximum Gasteiger partial charge on any atom is 0.274 e. The third-order valence-electron chi connectivity index (χ3n) is 4.77. The zero-order valence-electron chi connectivity index (χ0n) is 13.2. The van der Waals surface area contributed by atoms with Crippen LogP contribution in [-0.2, 0) is 9.84 Å². The molecule has 0 aromatic carbocycles. The standard InChI is InChI=1S/C15H23N3O3S/c1-11-3-6-17(7-4-11)15(19)14-9-12(2)18(16-14)13-5-8-22(20,21)10-13/h9,11,13H,3-8,10H2,1-2H3. The van der Waals surface area contributed by atoms with Crippen molar-refractivity contribution in [2.24, 2.45) is 5.92 Å².